The smallest absolute Gasteiger partial charge is 0.256 e. The van der Waals surface area contributed by atoms with Gasteiger partial charge in [0.2, 0.25) is 5.95 Å². The zero-order valence-corrected chi connectivity index (χ0v) is 23.1. The minimum absolute atomic E-state index is 0.316. The van der Waals surface area contributed by atoms with E-state index in [1.165, 1.54) is 20.6 Å². The van der Waals surface area contributed by atoms with Gasteiger partial charge in [0.1, 0.15) is 16.8 Å². The topological polar surface area (TPSA) is 69.9 Å². The quantitative estimate of drug-likeness (QED) is 0.394. The van der Waals surface area contributed by atoms with E-state index in [2.05, 4.69) is 86.2 Å². The molecule has 9 heteroatoms. The fraction of sp³-hybridized carbons (Fsp3) is 0.393. The normalized spacial score (nSPS) is 21.9. The molecule has 2 aromatic carbocycles. The molecule has 2 aliphatic rings. The van der Waals surface area contributed by atoms with Gasteiger partial charge in [-0.1, -0.05) is 67.5 Å². The van der Waals surface area contributed by atoms with Gasteiger partial charge >= 0.3 is 0 Å². The van der Waals surface area contributed by atoms with Crippen LogP contribution in [0.5, 0.6) is 0 Å². The van der Waals surface area contributed by atoms with Crippen LogP contribution in [0, 0.1) is 5.92 Å². The van der Waals surface area contributed by atoms with Crippen molar-refractivity contribution >= 4 is 57.0 Å². The molecule has 0 aliphatic carbocycles. The van der Waals surface area contributed by atoms with E-state index in [0.29, 0.717) is 35.2 Å². The van der Waals surface area contributed by atoms with Crippen molar-refractivity contribution in [3.05, 3.63) is 59.3 Å². The third kappa shape index (κ3) is 6.55. The van der Waals surface area contributed by atoms with Crippen LogP contribution in [0.25, 0.3) is 10.8 Å². The Morgan fingerprint density at radius 2 is 1.81 bits per heavy atom. The van der Waals surface area contributed by atoms with Crippen LogP contribution in [0.2, 0.25) is 0 Å². The molecule has 1 unspecified atom stereocenters. The Morgan fingerprint density at radius 1 is 1.03 bits per heavy atom. The average molecular weight is 534 g/mol. The fourth-order valence-corrected chi connectivity index (χ4v) is 5.77. The molecule has 1 aromatic heterocycles. The maximum Gasteiger partial charge on any atom is 0.256 e. The lowest BCUT2D eigenvalue weighted by atomic mass is 10.0. The Kier molecular flexibility index (Phi) is 8.17. The highest BCUT2D eigenvalue weighted by molar-refractivity contribution is 8.03. The van der Waals surface area contributed by atoms with E-state index < -0.39 is 0 Å². The second-order valence-electron chi connectivity index (χ2n) is 9.56. The van der Waals surface area contributed by atoms with E-state index in [9.17, 15) is 0 Å². The zero-order valence-electron chi connectivity index (χ0n) is 21.6. The molecule has 37 heavy (non-hydrogen) atoms. The van der Waals surface area contributed by atoms with Crippen molar-refractivity contribution in [3.63, 3.8) is 0 Å². The van der Waals surface area contributed by atoms with E-state index in [1.807, 2.05) is 13.0 Å². The molecule has 0 N–H and O–H groups in total. The maximum atomic E-state index is 6.61. The van der Waals surface area contributed by atoms with Gasteiger partial charge in [0.15, 0.2) is 0 Å². The van der Waals surface area contributed by atoms with Gasteiger partial charge in [-0.15, -0.1) is 0 Å². The number of aromatic nitrogens is 3. The first-order valence-electron chi connectivity index (χ1n) is 12.9. The minimum Gasteiger partial charge on any atom is -0.338 e. The first-order chi connectivity index (χ1) is 18.0. The van der Waals surface area contributed by atoms with Crippen molar-refractivity contribution in [2.45, 2.75) is 38.0 Å². The standard InChI is InChI=1S/C28H32ClN7S/c1-4-25-31-27(34-28(33-25)36-15-13-35(3)14-16-36)32-26-12-9-19(2)23(18-24(29)30-26)37-22-11-10-20-7-5-6-8-21(20)17-22/h5-8,10-11,17-19H,4,9,12-16H2,1-3H3/b23-18+,30-24?,32-26?. The molecule has 5 rings (SSSR count). The molecular weight excluding hydrogens is 502 g/mol. The molecule has 2 aliphatic heterocycles. The Labute approximate surface area is 227 Å². The van der Waals surface area contributed by atoms with E-state index in [1.54, 1.807) is 11.8 Å². The summed E-state index contributed by atoms with van der Waals surface area (Å²) in [6.45, 7) is 8.04. The molecule has 192 valence electrons. The molecule has 0 saturated carbocycles. The summed E-state index contributed by atoms with van der Waals surface area (Å²) in [6.07, 6.45) is 4.31. The molecule has 7 nitrogen and oxygen atoms in total. The molecule has 0 bridgehead atoms. The van der Waals surface area contributed by atoms with Gasteiger partial charge in [-0.25, -0.2) is 4.99 Å². The number of anilines is 1. The summed E-state index contributed by atoms with van der Waals surface area (Å²) in [7, 11) is 2.14. The number of likely N-dealkylation sites (N-methyl/N-ethyl adjacent to an activating group) is 1. The van der Waals surface area contributed by atoms with E-state index in [0.717, 1.165) is 44.8 Å². The molecule has 0 spiro atoms. The third-order valence-electron chi connectivity index (χ3n) is 6.73. The molecule has 0 radical (unpaired) electrons. The number of allylic oxidation sites excluding steroid dienone is 2. The molecule has 1 atom stereocenters. The second kappa shape index (κ2) is 11.7. The van der Waals surface area contributed by atoms with E-state index >= 15 is 0 Å². The van der Waals surface area contributed by atoms with Gasteiger partial charge < -0.3 is 9.80 Å². The van der Waals surface area contributed by atoms with Crippen LogP contribution in [0.3, 0.4) is 0 Å². The summed E-state index contributed by atoms with van der Waals surface area (Å²) in [4.78, 5) is 30.2. The second-order valence-corrected chi connectivity index (χ2v) is 11.1. The van der Waals surface area contributed by atoms with Crippen LogP contribution in [-0.2, 0) is 6.42 Å². The number of nitrogens with zero attached hydrogens (tertiary/aromatic N) is 7. The first kappa shape index (κ1) is 25.8. The number of fused-ring (bicyclic) bond motifs is 1. The lowest BCUT2D eigenvalue weighted by Crippen LogP contribution is -2.45. The summed E-state index contributed by atoms with van der Waals surface area (Å²) in [5, 5.41) is 2.91. The number of piperazine rings is 1. The number of amidine groups is 1. The average Bonchev–Trinajstić information content (AvgIpc) is 2.90. The minimum atomic E-state index is 0.316. The number of aryl methyl sites for hydroxylation is 1. The number of hydrogen-bond donors (Lipinski definition) is 0. The largest absolute Gasteiger partial charge is 0.338 e. The maximum absolute atomic E-state index is 6.61. The number of rotatable bonds is 5. The van der Waals surface area contributed by atoms with Crippen LogP contribution in [0.15, 0.2) is 68.3 Å². The molecular formula is C28H32ClN7S. The summed E-state index contributed by atoms with van der Waals surface area (Å²) < 4.78 is 0. The Morgan fingerprint density at radius 3 is 2.59 bits per heavy atom. The van der Waals surface area contributed by atoms with Gasteiger partial charge in [-0.3, -0.25) is 0 Å². The molecule has 3 aromatic rings. The van der Waals surface area contributed by atoms with Crippen molar-refractivity contribution < 1.29 is 0 Å². The highest BCUT2D eigenvalue weighted by Gasteiger charge is 2.20. The molecule has 1 fully saturated rings. The number of thioether (sulfide) groups is 1. The van der Waals surface area contributed by atoms with Gasteiger partial charge in [-0.05, 0) is 53.3 Å². The molecule has 0 amide bonds. The van der Waals surface area contributed by atoms with Crippen molar-refractivity contribution in [2.24, 2.45) is 15.9 Å². The monoisotopic (exact) mass is 533 g/mol. The molecule has 1 saturated heterocycles. The van der Waals surface area contributed by atoms with Gasteiger partial charge in [0.05, 0.1) is 0 Å². The Bertz CT molecular complexity index is 1360. The number of halogens is 1. The number of hydrogen-bond acceptors (Lipinski definition) is 7. The summed E-state index contributed by atoms with van der Waals surface area (Å²) >= 11 is 8.37. The summed E-state index contributed by atoms with van der Waals surface area (Å²) in [6, 6.07) is 15.0. The first-order valence-corrected chi connectivity index (χ1v) is 14.0. The predicted molar refractivity (Wildman–Crippen MR) is 156 cm³/mol. The van der Waals surface area contributed by atoms with Crippen molar-refractivity contribution in [3.8, 4) is 0 Å². The lowest BCUT2D eigenvalue weighted by Gasteiger charge is -2.32. The van der Waals surface area contributed by atoms with Crippen LogP contribution >= 0.6 is 23.4 Å². The van der Waals surface area contributed by atoms with E-state index in [4.69, 9.17) is 16.6 Å². The van der Waals surface area contributed by atoms with Gasteiger partial charge in [0.25, 0.3) is 5.95 Å². The van der Waals surface area contributed by atoms with Crippen LogP contribution in [-0.4, -0.2) is 64.1 Å². The van der Waals surface area contributed by atoms with Gasteiger partial charge in [0, 0.05) is 43.9 Å². The van der Waals surface area contributed by atoms with Gasteiger partial charge in [-0.2, -0.15) is 19.9 Å². The fourth-order valence-electron chi connectivity index (χ4n) is 4.40. The summed E-state index contributed by atoms with van der Waals surface area (Å²) in [5.41, 5.74) is 0. The zero-order chi connectivity index (χ0) is 25.8. The predicted octanol–water partition coefficient (Wildman–Crippen LogP) is 6.11. The number of aliphatic imine (C=N–C) groups is 2. The van der Waals surface area contributed by atoms with Crippen LogP contribution < -0.4 is 4.90 Å². The summed E-state index contributed by atoms with van der Waals surface area (Å²) in [5.74, 6) is 2.82. The van der Waals surface area contributed by atoms with Crippen LogP contribution in [0.4, 0.5) is 11.9 Å². The van der Waals surface area contributed by atoms with Crippen LogP contribution in [0.1, 0.15) is 32.5 Å². The number of benzene rings is 2. The van der Waals surface area contributed by atoms with Crippen molar-refractivity contribution in [1.82, 2.24) is 19.9 Å². The van der Waals surface area contributed by atoms with E-state index in [-0.39, 0.29) is 0 Å². The lowest BCUT2D eigenvalue weighted by molar-refractivity contribution is 0.311. The third-order valence-corrected chi connectivity index (χ3v) is 8.17. The SMILES string of the molecule is CCc1nc(N=C2CCC(C)/C(Sc3ccc4ccccc4c3)=C\C(Cl)=N2)nc(N2CCN(C)CC2)n1. The Balaban J connectivity index is 1.38. The van der Waals surface area contributed by atoms with Crippen molar-refractivity contribution in [1.29, 1.82) is 0 Å². The highest BCUT2D eigenvalue weighted by Crippen LogP contribution is 2.36. The highest BCUT2D eigenvalue weighted by atomic mass is 35.5. The van der Waals surface area contributed by atoms with Crippen molar-refractivity contribution in [2.75, 3.05) is 38.1 Å². The molecule has 3 heterocycles. The Hall–Kier alpha value is -2.81.